The van der Waals surface area contributed by atoms with Crippen molar-refractivity contribution in [1.82, 2.24) is 9.80 Å². The predicted molar refractivity (Wildman–Crippen MR) is 125 cm³/mol. The molecule has 2 aromatic rings. The Morgan fingerprint density at radius 3 is 2.50 bits per heavy atom. The summed E-state index contributed by atoms with van der Waals surface area (Å²) in [6.45, 7) is 4.58. The maximum absolute atomic E-state index is 13.2. The number of aliphatic hydroxyl groups is 1. The van der Waals surface area contributed by atoms with Crippen LogP contribution in [0, 0.1) is 0 Å². The molecule has 178 valence electrons. The average molecular weight is 485 g/mol. The van der Waals surface area contributed by atoms with Crippen molar-refractivity contribution in [2.24, 2.45) is 0 Å². The van der Waals surface area contributed by atoms with Crippen LogP contribution in [0.2, 0.25) is 5.02 Å². The number of rotatable bonds is 5. The van der Waals surface area contributed by atoms with E-state index in [9.17, 15) is 14.7 Å². The highest BCUT2D eigenvalue weighted by molar-refractivity contribution is 6.46. The van der Waals surface area contributed by atoms with Crippen LogP contribution in [0.1, 0.15) is 17.2 Å². The van der Waals surface area contributed by atoms with Gasteiger partial charge in [0.2, 0.25) is 0 Å². The minimum Gasteiger partial charge on any atom is -0.507 e. The van der Waals surface area contributed by atoms with Gasteiger partial charge in [-0.05, 0) is 35.9 Å². The number of morpholine rings is 1. The number of carbonyl (C=O) groups is 2. The molecule has 0 spiro atoms. The maximum atomic E-state index is 13.2. The third-order valence-corrected chi connectivity index (χ3v) is 6.52. The maximum Gasteiger partial charge on any atom is 0.295 e. The second kappa shape index (κ2) is 9.66. The van der Waals surface area contributed by atoms with Gasteiger partial charge >= 0.3 is 0 Å². The number of fused-ring (bicyclic) bond motifs is 1. The molecule has 8 nitrogen and oxygen atoms in total. The predicted octanol–water partition coefficient (Wildman–Crippen LogP) is 2.87. The van der Waals surface area contributed by atoms with E-state index in [0.29, 0.717) is 67.2 Å². The topological polar surface area (TPSA) is 88.5 Å². The van der Waals surface area contributed by atoms with Crippen LogP contribution in [-0.2, 0) is 14.3 Å². The van der Waals surface area contributed by atoms with Gasteiger partial charge in [-0.3, -0.25) is 14.5 Å². The zero-order valence-electron chi connectivity index (χ0n) is 18.5. The number of ether oxygens (including phenoxy) is 3. The zero-order chi connectivity index (χ0) is 23.7. The van der Waals surface area contributed by atoms with Gasteiger partial charge < -0.3 is 24.2 Å². The highest BCUT2D eigenvalue weighted by atomic mass is 35.5. The van der Waals surface area contributed by atoms with Gasteiger partial charge in [-0.2, -0.15) is 0 Å². The van der Waals surface area contributed by atoms with Gasteiger partial charge in [-0.25, -0.2) is 0 Å². The lowest BCUT2D eigenvalue weighted by Gasteiger charge is -2.31. The standard InChI is InChI=1S/C25H25ClN2O6/c26-18-3-1-2-16(14-18)22-21(23(29)17-4-5-19-20(15-17)34-13-12-33-19)24(30)25(31)28(22)7-6-27-8-10-32-11-9-27/h1-5,14-15,22,29H,6-13H2/b23-21+/t22-/m0/s1. The Labute approximate surface area is 202 Å². The Morgan fingerprint density at radius 1 is 0.971 bits per heavy atom. The van der Waals surface area contributed by atoms with Crippen molar-refractivity contribution in [1.29, 1.82) is 0 Å². The van der Waals surface area contributed by atoms with Gasteiger partial charge in [0.15, 0.2) is 11.5 Å². The summed E-state index contributed by atoms with van der Waals surface area (Å²) in [4.78, 5) is 30.1. The number of halogens is 1. The van der Waals surface area contributed by atoms with Crippen molar-refractivity contribution in [2.75, 3.05) is 52.6 Å². The van der Waals surface area contributed by atoms with E-state index in [0.717, 1.165) is 13.1 Å². The van der Waals surface area contributed by atoms with E-state index in [1.54, 1.807) is 42.5 Å². The molecule has 0 aromatic heterocycles. The number of carbonyl (C=O) groups excluding carboxylic acids is 2. The van der Waals surface area contributed by atoms with Crippen molar-refractivity contribution in [2.45, 2.75) is 6.04 Å². The molecule has 34 heavy (non-hydrogen) atoms. The summed E-state index contributed by atoms with van der Waals surface area (Å²) in [5, 5.41) is 11.8. The van der Waals surface area contributed by atoms with Crippen LogP contribution in [0.4, 0.5) is 0 Å². The van der Waals surface area contributed by atoms with Gasteiger partial charge in [-0.15, -0.1) is 0 Å². The quantitative estimate of drug-likeness (QED) is 0.396. The molecule has 5 rings (SSSR count). The third kappa shape index (κ3) is 4.36. The number of nitrogens with zero attached hydrogens (tertiary/aromatic N) is 2. The second-order valence-electron chi connectivity index (χ2n) is 8.36. The summed E-state index contributed by atoms with van der Waals surface area (Å²) in [6, 6.07) is 11.2. The fraction of sp³-hybridized carbons (Fsp3) is 0.360. The van der Waals surface area contributed by atoms with Crippen molar-refractivity contribution in [3.8, 4) is 11.5 Å². The fourth-order valence-corrected chi connectivity index (χ4v) is 4.75. The molecular formula is C25H25ClN2O6. The first-order valence-corrected chi connectivity index (χ1v) is 11.6. The van der Waals surface area contributed by atoms with E-state index < -0.39 is 17.7 Å². The second-order valence-corrected chi connectivity index (χ2v) is 8.80. The molecule has 1 N–H and O–H groups in total. The summed E-state index contributed by atoms with van der Waals surface area (Å²) >= 11 is 6.25. The van der Waals surface area contributed by atoms with Gasteiger partial charge in [0.25, 0.3) is 11.7 Å². The monoisotopic (exact) mass is 484 g/mol. The van der Waals surface area contributed by atoms with Crippen LogP contribution < -0.4 is 9.47 Å². The Morgan fingerprint density at radius 2 is 1.74 bits per heavy atom. The molecule has 0 saturated carbocycles. The lowest BCUT2D eigenvalue weighted by Crippen LogP contribution is -2.42. The molecule has 1 atom stereocenters. The van der Waals surface area contributed by atoms with E-state index in [1.165, 1.54) is 4.90 Å². The van der Waals surface area contributed by atoms with Crippen LogP contribution in [0.25, 0.3) is 5.76 Å². The van der Waals surface area contributed by atoms with Crippen LogP contribution in [-0.4, -0.2) is 79.2 Å². The minimum atomic E-state index is -0.757. The minimum absolute atomic E-state index is 0.0333. The zero-order valence-corrected chi connectivity index (χ0v) is 19.3. The average Bonchev–Trinajstić information content (AvgIpc) is 3.12. The number of aliphatic hydroxyl groups excluding tert-OH is 1. The first kappa shape index (κ1) is 22.7. The van der Waals surface area contributed by atoms with Gasteiger partial charge in [0.1, 0.15) is 19.0 Å². The van der Waals surface area contributed by atoms with Crippen LogP contribution >= 0.6 is 11.6 Å². The van der Waals surface area contributed by atoms with Gasteiger partial charge in [-0.1, -0.05) is 23.7 Å². The van der Waals surface area contributed by atoms with Crippen molar-refractivity contribution in [3.05, 3.63) is 64.2 Å². The third-order valence-electron chi connectivity index (χ3n) is 6.28. The molecule has 2 fully saturated rings. The molecule has 0 radical (unpaired) electrons. The SMILES string of the molecule is O=C1C(=O)N(CCN2CCOCC2)[C@@H](c2cccc(Cl)c2)/C1=C(\O)c1ccc2c(c1)OCCO2. The highest BCUT2D eigenvalue weighted by Gasteiger charge is 2.46. The van der Waals surface area contributed by atoms with E-state index in [1.807, 2.05) is 0 Å². The normalized spacial score (nSPS) is 22.3. The van der Waals surface area contributed by atoms with Gasteiger partial charge in [0.05, 0.1) is 24.8 Å². The highest BCUT2D eigenvalue weighted by Crippen LogP contribution is 2.41. The number of likely N-dealkylation sites (tertiary alicyclic amines) is 1. The van der Waals surface area contributed by atoms with E-state index in [-0.39, 0.29) is 11.3 Å². The Hall–Kier alpha value is -3.07. The first-order chi connectivity index (χ1) is 16.5. The molecule has 1 amide bonds. The lowest BCUT2D eigenvalue weighted by molar-refractivity contribution is -0.140. The van der Waals surface area contributed by atoms with Crippen LogP contribution in [0.3, 0.4) is 0 Å². The Bertz CT molecular complexity index is 1140. The number of benzene rings is 2. The summed E-state index contributed by atoms with van der Waals surface area (Å²) in [7, 11) is 0. The molecule has 3 heterocycles. The molecule has 2 aromatic carbocycles. The fourth-order valence-electron chi connectivity index (χ4n) is 4.55. The number of hydrogen-bond acceptors (Lipinski definition) is 7. The molecule has 0 bridgehead atoms. The molecule has 2 saturated heterocycles. The molecule has 3 aliphatic heterocycles. The number of Topliss-reactive ketones (excluding diaryl/α,β-unsaturated/α-hetero) is 1. The van der Waals surface area contributed by atoms with Crippen LogP contribution in [0.5, 0.6) is 11.5 Å². The number of amides is 1. The van der Waals surface area contributed by atoms with Crippen molar-refractivity contribution in [3.63, 3.8) is 0 Å². The number of hydrogen-bond donors (Lipinski definition) is 1. The molecule has 0 unspecified atom stereocenters. The van der Waals surface area contributed by atoms with E-state index in [2.05, 4.69) is 4.90 Å². The molecule has 0 aliphatic carbocycles. The van der Waals surface area contributed by atoms with Crippen molar-refractivity contribution < 1.29 is 28.9 Å². The summed E-state index contributed by atoms with van der Waals surface area (Å²) in [5.74, 6) is -0.567. The van der Waals surface area contributed by atoms with Crippen molar-refractivity contribution >= 4 is 29.1 Å². The lowest BCUT2D eigenvalue weighted by atomic mass is 9.95. The summed E-state index contributed by atoms with van der Waals surface area (Å²) < 4.78 is 16.6. The van der Waals surface area contributed by atoms with E-state index in [4.69, 9.17) is 25.8 Å². The van der Waals surface area contributed by atoms with Crippen LogP contribution in [0.15, 0.2) is 48.0 Å². The largest absolute Gasteiger partial charge is 0.507 e. The smallest absolute Gasteiger partial charge is 0.295 e. The summed E-state index contributed by atoms with van der Waals surface area (Å²) in [5.41, 5.74) is 1.07. The molecule has 3 aliphatic rings. The Kier molecular flexibility index (Phi) is 6.45. The van der Waals surface area contributed by atoms with E-state index >= 15 is 0 Å². The summed E-state index contributed by atoms with van der Waals surface area (Å²) in [6.07, 6.45) is 0. The molecular weight excluding hydrogens is 460 g/mol. The van der Waals surface area contributed by atoms with Gasteiger partial charge in [0, 0.05) is 36.8 Å². The molecule has 9 heteroatoms. The number of ketones is 1. The first-order valence-electron chi connectivity index (χ1n) is 11.3. The Balaban J connectivity index is 1.54.